The first-order valence-electron chi connectivity index (χ1n) is 4.86. The lowest BCUT2D eigenvalue weighted by Gasteiger charge is -2.20. The smallest absolute Gasteiger partial charge is 0.0764 e. The monoisotopic (exact) mass is 169 g/mol. The molecule has 0 aromatic carbocycles. The van der Waals surface area contributed by atoms with Gasteiger partial charge in [-0.15, -0.1) is 6.58 Å². The number of hydrogen-bond donors (Lipinski definition) is 1. The van der Waals surface area contributed by atoms with Crippen LogP contribution in [0, 0.1) is 0 Å². The summed E-state index contributed by atoms with van der Waals surface area (Å²) in [6, 6.07) is 0.354. The van der Waals surface area contributed by atoms with Crippen molar-refractivity contribution in [3.63, 3.8) is 0 Å². The molecule has 2 atom stereocenters. The van der Waals surface area contributed by atoms with E-state index >= 15 is 0 Å². The van der Waals surface area contributed by atoms with E-state index in [-0.39, 0.29) is 0 Å². The molecular weight excluding hydrogens is 150 g/mol. The molecule has 1 rings (SSSR count). The van der Waals surface area contributed by atoms with Crippen molar-refractivity contribution in [2.24, 2.45) is 0 Å². The first-order valence-corrected chi connectivity index (χ1v) is 4.86. The second kappa shape index (κ2) is 5.33. The summed E-state index contributed by atoms with van der Waals surface area (Å²) in [5.74, 6) is 0. The SMILES string of the molecule is C=CC(NCCC)C1CCCO1. The van der Waals surface area contributed by atoms with Gasteiger partial charge < -0.3 is 10.1 Å². The molecule has 2 heteroatoms. The highest BCUT2D eigenvalue weighted by Crippen LogP contribution is 2.15. The van der Waals surface area contributed by atoms with Crippen molar-refractivity contribution in [1.82, 2.24) is 5.32 Å². The zero-order chi connectivity index (χ0) is 8.81. The lowest BCUT2D eigenvalue weighted by Crippen LogP contribution is -2.38. The van der Waals surface area contributed by atoms with Crippen molar-refractivity contribution in [3.8, 4) is 0 Å². The fourth-order valence-corrected chi connectivity index (χ4v) is 1.56. The molecule has 1 fully saturated rings. The summed E-state index contributed by atoms with van der Waals surface area (Å²) in [5, 5.41) is 3.42. The molecule has 12 heavy (non-hydrogen) atoms. The average molecular weight is 169 g/mol. The van der Waals surface area contributed by atoms with Gasteiger partial charge in [-0.05, 0) is 25.8 Å². The maximum atomic E-state index is 5.57. The Morgan fingerprint density at radius 2 is 2.58 bits per heavy atom. The maximum absolute atomic E-state index is 5.57. The molecule has 0 bridgehead atoms. The van der Waals surface area contributed by atoms with Crippen LogP contribution in [0.25, 0.3) is 0 Å². The molecule has 0 aliphatic carbocycles. The van der Waals surface area contributed by atoms with Crippen LogP contribution in [0.3, 0.4) is 0 Å². The summed E-state index contributed by atoms with van der Waals surface area (Å²) < 4.78 is 5.57. The van der Waals surface area contributed by atoms with Crippen molar-refractivity contribution < 1.29 is 4.74 Å². The first kappa shape index (κ1) is 9.75. The van der Waals surface area contributed by atoms with Gasteiger partial charge in [-0.1, -0.05) is 13.0 Å². The molecule has 0 saturated carbocycles. The highest BCUT2D eigenvalue weighted by atomic mass is 16.5. The molecule has 1 N–H and O–H groups in total. The standard InChI is InChI=1S/C10H19NO/c1-3-7-11-9(4-2)10-6-5-8-12-10/h4,9-11H,2-3,5-8H2,1H3. The molecule has 0 radical (unpaired) electrons. The van der Waals surface area contributed by atoms with Gasteiger partial charge in [0.05, 0.1) is 12.1 Å². The molecule has 0 spiro atoms. The van der Waals surface area contributed by atoms with Gasteiger partial charge in [0.1, 0.15) is 0 Å². The Kier molecular flexibility index (Phi) is 4.33. The first-order chi connectivity index (χ1) is 5.88. The van der Waals surface area contributed by atoms with E-state index < -0.39 is 0 Å². The van der Waals surface area contributed by atoms with Gasteiger partial charge in [-0.25, -0.2) is 0 Å². The third-order valence-electron chi connectivity index (χ3n) is 2.25. The van der Waals surface area contributed by atoms with Crippen LogP contribution < -0.4 is 5.32 Å². The van der Waals surface area contributed by atoms with E-state index in [2.05, 4.69) is 18.8 Å². The molecule has 1 saturated heterocycles. The summed E-state index contributed by atoms with van der Waals surface area (Å²) in [6.07, 6.45) is 5.87. The summed E-state index contributed by atoms with van der Waals surface area (Å²) in [4.78, 5) is 0. The Balaban J connectivity index is 2.27. The predicted octanol–water partition coefficient (Wildman–Crippen LogP) is 1.72. The average Bonchev–Trinajstić information content (AvgIpc) is 2.59. The van der Waals surface area contributed by atoms with Gasteiger partial charge in [0, 0.05) is 6.61 Å². The van der Waals surface area contributed by atoms with E-state index in [1.54, 1.807) is 0 Å². The molecule has 0 amide bonds. The number of ether oxygens (including phenoxy) is 1. The van der Waals surface area contributed by atoms with Crippen molar-refractivity contribution >= 4 is 0 Å². The van der Waals surface area contributed by atoms with Crippen LogP contribution in [0.2, 0.25) is 0 Å². The van der Waals surface area contributed by atoms with Crippen LogP contribution >= 0.6 is 0 Å². The van der Waals surface area contributed by atoms with Crippen LogP contribution in [0.1, 0.15) is 26.2 Å². The molecule has 1 heterocycles. The maximum Gasteiger partial charge on any atom is 0.0764 e. The second-order valence-electron chi connectivity index (χ2n) is 3.27. The second-order valence-corrected chi connectivity index (χ2v) is 3.27. The molecule has 1 aliphatic heterocycles. The molecular formula is C10H19NO. The predicted molar refractivity (Wildman–Crippen MR) is 51.3 cm³/mol. The minimum atomic E-state index is 0.354. The summed E-state index contributed by atoms with van der Waals surface area (Å²) >= 11 is 0. The van der Waals surface area contributed by atoms with Crippen LogP contribution in [0.15, 0.2) is 12.7 Å². The number of hydrogen-bond acceptors (Lipinski definition) is 2. The van der Waals surface area contributed by atoms with Gasteiger partial charge in [-0.2, -0.15) is 0 Å². The van der Waals surface area contributed by atoms with Crippen molar-refractivity contribution in [2.45, 2.75) is 38.3 Å². The Hall–Kier alpha value is -0.340. The summed E-state index contributed by atoms with van der Waals surface area (Å²) in [6.45, 7) is 7.96. The zero-order valence-electron chi connectivity index (χ0n) is 7.88. The minimum Gasteiger partial charge on any atom is -0.376 e. The third kappa shape index (κ3) is 2.61. The molecule has 2 nitrogen and oxygen atoms in total. The lowest BCUT2D eigenvalue weighted by atomic mass is 10.1. The molecule has 0 aromatic rings. The van der Waals surface area contributed by atoms with Crippen LogP contribution in [-0.2, 0) is 4.74 Å². The van der Waals surface area contributed by atoms with E-state index in [1.807, 2.05) is 6.08 Å². The number of nitrogens with one attached hydrogen (secondary N) is 1. The Labute approximate surface area is 75.0 Å². The molecule has 2 unspecified atom stereocenters. The van der Waals surface area contributed by atoms with Gasteiger partial charge in [-0.3, -0.25) is 0 Å². The third-order valence-corrected chi connectivity index (χ3v) is 2.25. The topological polar surface area (TPSA) is 21.3 Å². The largest absolute Gasteiger partial charge is 0.376 e. The molecule has 0 aromatic heterocycles. The van der Waals surface area contributed by atoms with Crippen LogP contribution in [0.5, 0.6) is 0 Å². The van der Waals surface area contributed by atoms with Crippen molar-refractivity contribution in [3.05, 3.63) is 12.7 Å². The zero-order valence-corrected chi connectivity index (χ0v) is 7.88. The van der Waals surface area contributed by atoms with E-state index in [9.17, 15) is 0 Å². The van der Waals surface area contributed by atoms with E-state index in [1.165, 1.54) is 12.8 Å². The van der Waals surface area contributed by atoms with Crippen LogP contribution in [0.4, 0.5) is 0 Å². The molecule has 70 valence electrons. The highest BCUT2D eigenvalue weighted by molar-refractivity contribution is 4.93. The van der Waals surface area contributed by atoms with Gasteiger partial charge in [0.2, 0.25) is 0 Å². The van der Waals surface area contributed by atoms with E-state index in [0.29, 0.717) is 12.1 Å². The van der Waals surface area contributed by atoms with E-state index in [0.717, 1.165) is 19.6 Å². The lowest BCUT2D eigenvalue weighted by molar-refractivity contribution is 0.0916. The summed E-state index contributed by atoms with van der Waals surface area (Å²) in [7, 11) is 0. The molecule has 1 aliphatic rings. The summed E-state index contributed by atoms with van der Waals surface area (Å²) in [5.41, 5.74) is 0. The van der Waals surface area contributed by atoms with Gasteiger partial charge >= 0.3 is 0 Å². The van der Waals surface area contributed by atoms with Crippen molar-refractivity contribution in [1.29, 1.82) is 0 Å². The Morgan fingerprint density at radius 1 is 1.75 bits per heavy atom. The van der Waals surface area contributed by atoms with Gasteiger partial charge in [0.25, 0.3) is 0 Å². The fourth-order valence-electron chi connectivity index (χ4n) is 1.56. The Morgan fingerprint density at radius 3 is 3.08 bits per heavy atom. The highest BCUT2D eigenvalue weighted by Gasteiger charge is 2.22. The Bertz CT molecular complexity index is 130. The normalized spacial score (nSPS) is 25.6. The van der Waals surface area contributed by atoms with Gasteiger partial charge in [0.15, 0.2) is 0 Å². The van der Waals surface area contributed by atoms with E-state index in [4.69, 9.17) is 4.74 Å². The number of rotatable bonds is 5. The minimum absolute atomic E-state index is 0.354. The fraction of sp³-hybridized carbons (Fsp3) is 0.800. The quantitative estimate of drug-likeness (QED) is 0.633. The van der Waals surface area contributed by atoms with Crippen molar-refractivity contribution in [2.75, 3.05) is 13.2 Å². The van der Waals surface area contributed by atoms with Crippen LogP contribution in [-0.4, -0.2) is 25.3 Å².